The van der Waals surface area contributed by atoms with E-state index in [9.17, 15) is 9.59 Å². The minimum atomic E-state index is -0.495. The lowest BCUT2D eigenvalue weighted by atomic mass is 10.0. The smallest absolute Gasteiger partial charge is 0.410 e. The lowest BCUT2D eigenvalue weighted by Crippen LogP contribution is -2.47. The Morgan fingerprint density at radius 1 is 1.21 bits per heavy atom. The summed E-state index contributed by atoms with van der Waals surface area (Å²) >= 11 is 0. The zero-order chi connectivity index (χ0) is 17.3. The third kappa shape index (κ3) is 3.72. The van der Waals surface area contributed by atoms with Gasteiger partial charge in [0, 0.05) is 19.1 Å². The summed E-state index contributed by atoms with van der Waals surface area (Å²) in [7, 11) is 0. The van der Waals surface area contributed by atoms with Gasteiger partial charge in [-0.1, -0.05) is 0 Å². The van der Waals surface area contributed by atoms with Crippen LogP contribution in [-0.4, -0.2) is 41.6 Å². The van der Waals surface area contributed by atoms with Gasteiger partial charge in [-0.3, -0.25) is 4.79 Å². The normalized spacial score (nSPS) is 17.0. The molecule has 24 heavy (non-hydrogen) atoms. The van der Waals surface area contributed by atoms with Gasteiger partial charge in [0.1, 0.15) is 11.3 Å². The Kier molecular flexibility index (Phi) is 4.26. The number of benzene rings is 1. The van der Waals surface area contributed by atoms with E-state index in [1.165, 1.54) is 0 Å². The highest BCUT2D eigenvalue weighted by Gasteiger charge is 2.28. The molecule has 2 aliphatic rings. The summed E-state index contributed by atoms with van der Waals surface area (Å²) in [6, 6.07) is 5.36. The molecule has 1 aromatic carbocycles. The third-order valence-electron chi connectivity index (χ3n) is 3.98. The molecule has 2 aliphatic heterocycles. The van der Waals surface area contributed by atoms with Crippen LogP contribution in [0.4, 0.5) is 16.2 Å². The second kappa shape index (κ2) is 6.22. The van der Waals surface area contributed by atoms with E-state index in [1.54, 1.807) is 23.1 Å². The highest BCUT2D eigenvalue weighted by molar-refractivity contribution is 6.00. The molecule has 2 heterocycles. The van der Waals surface area contributed by atoms with Gasteiger partial charge in [-0.05, 0) is 51.8 Å². The van der Waals surface area contributed by atoms with Gasteiger partial charge in [0.2, 0.25) is 0 Å². The number of fused-ring (bicyclic) bond motifs is 2. The summed E-state index contributed by atoms with van der Waals surface area (Å²) in [5.74, 6) is -0.145. The van der Waals surface area contributed by atoms with E-state index >= 15 is 0 Å². The van der Waals surface area contributed by atoms with Gasteiger partial charge < -0.3 is 15.0 Å². The molecule has 0 aromatic heterocycles. The number of rotatable bonds is 2. The number of hydrogen-bond donors (Lipinski definition) is 1. The average Bonchev–Trinajstić information content (AvgIpc) is 2.87. The van der Waals surface area contributed by atoms with Crippen molar-refractivity contribution in [3.8, 4) is 0 Å². The lowest BCUT2D eigenvalue weighted by Gasteiger charge is -2.33. The van der Waals surface area contributed by atoms with Gasteiger partial charge in [0.25, 0.3) is 5.91 Å². The summed E-state index contributed by atoms with van der Waals surface area (Å²) in [5, 5.41) is 10.9. The second-order valence-electron chi connectivity index (χ2n) is 7.12. The van der Waals surface area contributed by atoms with E-state index in [2.05, 4.69) is 15.5 Å². The number of ether oxygens (including phenoxy) is 1. The molecule has 1 aromatic rings. The first-order valence-corrected chi connectivity index (χ1v) is 8.16. The highest BCUT2D eigenvalue weighted by Crippen LogP contribution is 2.32. The molecule has 7 heteroatoms. The largest absolute Gasteiger partial charge is 0.444 e. The van der Waals surface area contributed by atoms with E-state index in [0.29, 0.717) is 37.2 Å². The molecule has 0 unspecified atom stereocenters. The van der Waals surface area contributed by atoms with Gasteiger partial charge >= 0.3 is 6.09 Å². The molecule has 2 bridgehead atoms. The van der Waals surface area contributed by atoms with E-state index in [1.807, 2.05) is 20.8 Å². The van der Waals surface area contributed by atoms with Crippen molar-refractivity contribution in [3.63, 3.8) is 0 Å². The number of nitrogens with zero attached hydrogens (tertiary/aromatic N) is 3. The summed E-state index contributed by atoms with van der Waals surface area (Å²) < 4.78 is 5.38. The molecule has 1 N–H and O–H groups in total. The van der Waals surface area contributed by atoms with Crippen LogP contribution < -0.4 is 5.32 Å². The van der Waals surface area contributed by atoms with E-state index < -0.39 is 5.60 Å². The Labute approximate surface area is 141 Å². The van der Waals surface area contributed by atoms with Crippen molar-refractivity contribution >= 4 is 23.4 Å². The topological polar surface area (TPSA) is 83.4 Å². The van der Waals surface area contributed by atoms with Crippen molar-refractivity contribution in [1.82, 2.24) is 10.2 Å². The van der Waals surface area contributed by atoms with Crippen LogP contribution in [0.2, 0.25) is 0 Å². The minimum Gasteiger partial charge on any atom is -0.444 e. The Morgan fingerprint density at radius 3 is 2.58 bits per heavy atom. The molecular weight excluding hydrogens is 308 g/mol. The maximum absolute atomic E-state index is 12.4. The van der Waals surface area contributed by atoms with Gasteiger partial charge in [-0.15, -0.1) is 5.11 Å². The van der Waals surface area contributed by atoms with Gasteiger partial charge in [0.05, 0.1) is 11.3 Å². The maximum atomic E-state index is 12.4. The van der Waals surface area contributed by atoms with Crippen LogP contribution in [0, 0.1) is 0 Å². The Morgan fingerprint density at radius 2 is 1.92 bits per heavy atom. The fourth-order valence-corrected chi connectivity index (χ4v) is 2.76. The van der Waals surface area contributed by atoms with Crippen molar-refractivity contribution < 1.29 is 14.3 Å². The van der Waals surface area contributed by atoms with Crippen molar-refractivity contribution in [2.75, 3.05) is 13.1 Å². The van der Waals surface area contributed by atoms with Crippen molar-refractivity contribution in [3.05, 3.63) is 23.8 Å². The average molecular weight is 330 g/mol. The van der Waals surface area contributed by atoms with Gasteiger partial charge in [-0.25, -0.2) is 4.79 Å². The SMILES string of the molecule is CC(C)(C)OC(=O)N1CCC(NC(=O)c2ccc3cc2N=N3)CC1. The molecule has 1 saturated heterocycles. The first kappa shape index (κ1) is 16.4. The standard InChI is InChI=1S/C17H22N4O3/c1-17(2,3)24-16(23)21-8-6-11(7-9-21)18-15(22)13-5-4-12-10-14(13)20-19-12/h4-5,10-11H,6-9H2,1-3H3,(H,18,22). The molecule has 0 atom stereocenters. The Balaban J connectivity index is 1.52. The molecule has 0 spiro atoms. The summed E-state index contributed by atoms with van der Waals surface area (Å²) in [4.78, 5) is 26.1. The van der Waals surface area contributed by atoms with E-state index in [0.717, 1.165) is 5.69 Å². The molecule has 3 rings (SSSR count). The highest BCUT2D eigenvalue weighted by atomic mass is 16.6. The Hall–Kier alpha value is -2.44. The molecule has 0 radical (unpaired) electrons. The van der Waals surface area contributed by atoms with Crippen molar-refractivity contribution in [2.24, 2.45) is 10.2 Å². The van der Waals surface area contributed by atoms with Crippen LogP contribution in [0.25, 0.3) is 0 Å². The Bertz CT molecular complexity index is 686. The first-order chi connectivity index (χ1) is 11.3. The maximum Gasteiger partial charge on any atom is 0.410 e. The number of amides is 2. The minimum absolute atomic E-state index is 0.0430. The number of piperidine rings is 1. The lowest BCUT2D eigenvalue weighted by molar-refractivity contribution is 0.0199. The predicted octanol–water partition coefficient (Wildman–Crippen LogP) is 3.54. The molecule has 128 valence electrons. The van der Waals surface area contributed by atoms with Crippen LogP contribution in [0.5, 0.6) is 0 Å². The number of azo groups is 1. The molecule has 1 fully saturated rings. The zero-order valence-corrected chi connectivity index (χ0v) is 14.2. The quantitative estimate of drug-likeness (QED) is 0.914. The molecule has 2 amide bonds. The molecular formula is C17H22N4O3. The van der Waals surface area contributed by atoms with Crippen LogP contribution in [0.15, 0.2) is 28.4 Å². The summed E-state index contributed by atoms with van der Waals surface area (Å²) in [5.41, 5.74) is 1.42. The second-order valence-corrected chi connectivity index (χ2v) is 7.12. The number of carbonyl (C=O) groups is 2. The van der Waals surface area contributed by atoms with Crippen LogP contribution in [0.1, 0.15) is 44.0 Å². The van der Waals surface area contributed by atoms with E-state index in [-0.39, 0.29) is 18.0 Å². The van der Waals surface area contributed by atoms with Crippen LogP contribution in [0.3, 0.4) is 0 Å². The summed E-state index contributed by atoms with van der Waals surface area (Å²) in [6.07, 6.45) is 1.12. The summed E-state index contributed by atoms with van der Waals surface area (Å²) in [6.45, 7) is 6.71. The third-order valence-corrected chi connectivity index (χ3v) is 3.98. The van der Waals surface area contributed by atoms with E-state index in [4.69, 9.17) is 4.74 Å². The molecule has 7 nitrogen and oxygen atoms in total. The monoisotopic (exact) mass is 330 g/mol. The number of hydrogen-bond acceptors (Lipinski definition) is 5. The van der Waals surface area contributed by atoms with Crippen LogP contribution >= 0.6 is 0 Å². The van der Waals surface area contributed by atoms with Crippen molar-refractivity contribution in [1.29, 1.82) is 0 Å². The molecule has 0 aliphatic carbocycles. The first-order valence-electron chi connectivity index (χ1n) is 8.16. The number of likely N-dealkylation sites (tertiary alicyclic amines) is 1. The number of carbonyl (C=O) groups excluding carboxylic acids is 2. The zero-order valence-electron chi connectivity index (χ0n) is 14.2. The van der Waals surface area contributed by atoms with Crippen molar-refractivity contribution in [2.45, 2.75) is 45.3 Å². The van der Waals surface area contributed by atoms with Gasteiger partial charge in [-0.2, -0.15) is 5.11 Å². The van der Waals surface area contributed by atoms with Gasteiger partial charge in [0.15, 0.2) is 0 Å². The van der Waals surface area contributed by atoms with Crippen LogP contribution in [-0.2, 0) is 4.74 Å². The fourth-order valence-electron chi connectivity index (χ4n) is 2.76. The predicted molar refractivity (Wildman–Crippen MR) is 88.9 cm³/mol. The number of nitrogens with one attached hydrogen (secondary N) is 1. The fraction of sp³-hybridized carbons (Fsp3) is 0.529. The molecule has 0 saturated carbocycles.